The average Bonchev–Trinajstić information content (AvgIpc) is 3.17. The average molecular weight is 582 g/mol. The lowest BCUT2D eigenvalue weighted by Crippen LogP contribution is -2.41. The minimum absolute atomic E-state index is 0.196. The molecule has 1 saturated heterocycles. The van der Waals surface area contributed by atoms with Crippen LogP contribution in [-0.4, -0.2) is 52.5 Å². The van der Waals surface area contributed by atoms with E-state index in [9.17, 15) is 19.5 Å². The molecule has 1 N–H and O–H groups in total. The number of rotatable bonds is 7. The molecule has 3 aromatic carbocycles. The van der Waals surface area contributed by atoms with Gasteiger partial charge in [-0.15, -0.1) is 11.8 Å². The summed E-state index contributed by atoms with van der Waals surface area (Å²) in [5.41, 5.74) is -0.579. The van der Waals surface area contributed by atoms with Crippen molar-refractivity contribution in [3.05, 3.63) is 105 Å². The topological polar surface area (TPSA) is 99.1 Å². The normalized spacial score (nSPS) is 20.8. The number of aliphatic hydroxyl groups excluding tert-OH is 1. The second kappa shape index (κ2) is 12.2. The summed E-state index contributed by atoms with van der Waals surface area (Å²) in [6.45, 7) is -0.225. The minimum atomic E-state index is -1.25. The van der Waals surface area contributed by atoms with Crippen LogP contribution in [0, 0.1) is 0 Å². The number of carbonyl (C=O) groups is 3. The van der Waals surface area contributed by atoms with Gasteiger partial charge in [-0.2, -0.15) is 0 Å². The van der Waals surface area contributed by atoms with Crippen LogP contribution in [0.25, 0.3) is 0 Å². The van der Waals surface area contributed by atoms with Crippen molar-refractivity contribution in [1.29, 1.82) is 0 Å². The summed E-state index contributed by atoms with van der Waals surface area (Å²) in [6, 6.07) is 18.1. The van der Waals surface area contributed by atoms with Crippen LogP contribution in [0.3, 0.4) is 0 Å². The Bertz CT molecular complexity index is 1270. The molecule has 0 saturated carbocycles. The summed E-state index contributed by atoms with van der Waals surface area (Å²) in [7, 11) is 0. The Kier molecular flexibility index (Phi) is 9.00. The lowest BCUT2D eigenvalue weighted by Gasteiger charge is -2.24. The fraction of sp³-hybridized carbons (Fsp3) is 0.192. The molecule has 0 aromatic heterocycles. The molecular weight excluding hydrogens is 563 g/mol. The van der Waals surface area contributed by atoms with E-state index in [0.29, 0.717) is 15.1 Å². The van der Waals surface area contributed by atoms with E-state index < -0.39 is 40.8 Å². The van der Waals surface area contributed by atoms with Gasteiger partial charge < -0.3 is 19.3 Å². The molecule has 11 heteroatoms. The van der Waals surface area contributed by atoms with Crippen LogP contribution in [-0.2, 0) is 14.2 Å². The van der Waals surface area contributed by atoms with Crippen LogP contribution >= 0.6 is 46.6 Å². The maximum atomic E-state index is 12.9. The first-order valence-corrected chi connectivity index (χ1v) is 13.0. The molecule has 1 aliphatic rings. The molecule has 0 bridgehead atoms. The Balaban J connectivity index is 1.52. The Hall–Kier alpha value is -2.75. The van der Waals surface area contributed by atoms with Crippen LogP contribution in [0.2, 0.25) is 15.1 Å². The van der Waals surface area contributed by atoms with Crippen molar-refractivity contribution in [2.75, 3.05) is 6.61 Å². The molecule has 4 rings (SSSR count). The Morgan fingerprint density at radius 1 is 0.649 bits per heavy atom. The number of aliphatic hydroxyl groups is 1. The fourth-order valence-corrected chi connectivity index (χ4v) is 5.11. The van der Waals surface area contributed by atoms with E-state index in [2.05, 4.69) is 0 Å². The molecule has 192 valence electrons. The van der Waals surface area contributed by atoms with E-state index in [1.54, 1.807) is 12.1 Å². The van der Waals surface area contributed by atoms with Gasteiger partial charge in [-0.3, -0.25) is 0 Å². The molecule has 7 nitrogen and oxygen atoms in total. The van der Waals surface area contributed by atoms with Gasteiger partial charge in [0.1, 0.15) is 12.0 Å². The van der Waals surface area contributed by atoms with Gasteiger partial charge in [0.25, 0.3) is 0 Å². The first kappa shape index (κ1) is 27.3. The number of benzene rings is 3. The molecule has 1 fully saturated rings. The van der Waals surface area contributed by atoms with Crippen molar-refractivity contribution in [3.63, 3.8) is 0 Å². The second-order valence-electron chi connectivity index (χ2n) is 7.92. The Morgan fingerprint density at radius 2 is 1.03 bits per heavy atom. The van der Waals surface area contributed by atoms with Gasteiger partial charge in [0.2, 0.25) is 0 Å². The first-order chi connectivity index (χ1) is 17.7. The van der Waals surface area contributed by atoms with Crippen LogP contribution in [0.1, 0.15) is 31.1 Å². The third-order valence-electron chi connectivity index (χ3n) is 5.39. The molecule has 0 aliphatic carbocycles. The van der Waals surface area contributed by atoms with Crippen molar-refractivity contribution in [3.8, 4) is 0 Å². The third-order valence-corrected chi connectivity index (χ3v) is 7.45. The molecule has 0 spiro atoms. The molecule has 1 aliphatic heterocycles. The number of hydrogen-bond acceptors (Lipinski definition) is 8. The number of hydrogen-bond donors (Lipinski definition) is 1. The molecule has 4 atom stereocenters. The largest absolute Gasteiger partial charge is 0.461 e. The van der Waals surface area contributed by atoms with Gasteiger partial charge >= 0.3 is 17.9 Å². The summed E-state index contributed by atoms with van der Waals surface area (Å²) < 4.78 is 16.6. The monoisotopic (exact) mass is 580 g/mol. The number of carbonyl (C=O) groups excluding carboxylic acids is 3. The molecular formula is C26H19Cl3O7S. The highest BCUT2D eigenvalue weighted by molar-refractivity contribution is 8.00. The molecule has 0 radical (unpaired) electrons. The highest BCUT2D eigenvalue weighted by Crippen LogP contribution is 2.38. The molecule has 0 amide bonds. The van der Waals surface area contributed by atoms with Crippen molar-refractivity contribution >= 4 is 64.5 Å². The summed E-state index contributed by atoms with van der Waals surface area (Å²) in [5.74, 6) is -2.10. The standard InChI is InChI=1S/C26H19Cl3O7S/c27-17-7-1-14(2-8-17)23(30)34-13-20-21(35-24(31)15-3-9-18(28)10-4-15)22(26(33)37-20)36-25(32)16-5-11-19(29)12-6-16/h1-12,20-22,26,33H,13H2/t20-,21-,22?,26?/m0/s1. The smallest absolute Gasteiger partial charge is 0.338 e. The van der Waals surface area contributed by atoms with Crippen LogP contribution < -0.4 is 0 Å². The summed E-state index contributed by atoms with van der Waals surface area (Å²) in [4.78, 5) is 38.1. The quantitative estimate of drug-likeness (QED) is 0.281. The molecule has 2 unspecified atom stereocenters. The lowest BCUT2D eigenvalue weighted by molar-refractivity contribution is -0.0557. The van der Waals surface area contributed by atoms with E-state index in [0.717, 1.165) is 11.8 Å². The summed E-state index contributed by atoms with van der Waals surface area (Å²) in [5, 5.41) is 11.3. The predicted octanol–water partition coefficient (Wildman–Crippen LogP) is 5.69. The second-order valence-corrected chi connectivity index (χ2v) is 10.6. The zero-order chi connectivity index (χ0) is 26.5. The van der Waals surface area contributed by atoms with Gasteiger partial charge in [0.15, 0.2) is 12.2 Å². The zero-order valence-corrected chi connectivity index (χ0v) is 22.0. The molecule has 1 heterocycles. The van der Waals surface area contributed by atoms with Crippen molar-refractivity contribution in [1.82, 2.24) is 0 Å². The van der Waals surface area contributed by atoms with Crippen LogP contribution in [0.4, 0.5) is 0 Å². The van der Waals surface area contributed by atoms with Gasteiger partial charge in [0.05, 0.1) is 21.9 Å². The van der Waals surface area contributed by atoms with Crippen molar-refractivity contribution < 1.29 is 33.7 Å². The Morgan fingerprint density at radius 3 is 1.46 bits per heavy atom. The summed E-state index contributed by atoms with van der Waals surface area (Å²) in [6.07, 6.45) is -2.36. The Labute approximate surface area is 231 Å². The van der Waals surface area contributed by atoms with E-state index in [-0.39, 0.29) is 23.3 Å². The maximum absolute atomic E-state index is 12.9. The van der Waals surface area contributed by atoms with E-state index >= 15 is 0 Å². The highest BCUT2D eigenvalue weighted by atomic mass is 35.5. The maximum Gasteiger partial charge on any atom is 0.338 e. The van der Waals surface area contributed by atoms with Gasteiger partial charge in [-0.1, -0.05) is 34.8 Å². The minimum Gasteiger partial charge on any atom is -0.461 e. The first-order valence-electron chi connectivity index (χ1n) is 10.9. The number of esters is 3. The molecule has 3 aromatic rings. The highest BCUT2D eigenvalue weighted by Gasteiger charge is 2.49. The molecule has 37 heavy (non-hydrogen) atoms. The van der Waals surface area contributed by atoms with Gasteiger partial charge in [0, 0.05) is 15.1 Å². The summed E-state index contributed by atoms with van der Waals surface area (Å²) >= 11 is 18.6. The third kappa shape index (κ3) is 6.97. The number of ether oxygens (including phenoxy) is 3. The van der Waals surface area contributed by atoms with Crippen molar-refractivity contribution in [2.45, 2.75) is 22.9 Å². The van der Waals surface area contributed by atoms with Gasteiger partial charge in [-0.05, 0) is 72.8 Å². The fourth-order valence-electron chi connectivity index (χ4n) is 3.49. The van der Waals surface area contributed by atoms with Gasteiger partial charge in [-0.25, -0.2) is 14.4 Å². The predicted molar refractivity (Wildman–Crippen MR) is 140 cm³/mol. The van der Waals surface area contributed by atoms with Crippen LogP contribution in [0.15, 0.2) is 72.8 Å². The number of thioether (sulfide) groups is 1. The van der Waals surface area contributed by atoms with E-state index in [1.165, 1.54) is 60.7 Å². The zero-order valence-electron chi connectivity index (χ0n) is 18.9. The SMILES string of the molecule is O=C(OC[C@@H]1SC(O)C(OC(=O)c2ccc(Cl)cc2)[C@H]1OC(=O)c1ccc(Cl)cc1)c1ccc(Cl)cc1. The van der Waals surface area contributed by atoms with Crippen molar-refractivity contribution in [2.24, 2.45) is 0 Å². The van der Waals surface area contributed by atoms with E-state index in [1.807, 2.05) is 0 Å². The lowest BCUT2D eigenvalue weighted by atomic mass is 10.1. The van der Waals surface area contributed by atoms with E-state index in [4.69, 9.17) is 49.0 Å². The van der Waals surface area contributed by atoms with Crippen LogP contribution in [0.5, 0.6) is 0 Å². The number of halogens is 3.